The van der Waals surface area contributed by atoms with E-state index in [1.54, 1.807) is 11.8 Å². The summed E-state index contributed by atoms with van der Waals surface area (Å²) in [5.74, 6) is 1.64. The van der Waals surface area contributed by atoms with E-state index in [-0.39, 0.29) is 12.1 Å². The van der Waals surface area contributed by atoms with Gasteiger partial charge < -0.3 is 4.74 Å². The molecule has 0 spiro atoms. The average molecular weight is 325 g/mol. The van der Waals surface area contributed by atoms with Gasteiger partial charge in [0.15, 0.2) is 5.82 Å². The molecule has 1 N–H and O–H groups in total. The molecule has 0 aromatic carbocycles. The third-order valence-corrected chi connectivity index (χ3v) is 4.71. The first kappa shape index (κ1) is 15.5. The molecule has 2 aromatic heterocycles. The van der Waals surface area contributed by atoms with E-state index in [1.165, 1.54) is 0 Å². The van der Waals surface area contributed by atoms with Gasteiger partial charge in [0, 0.05) is 32.8 Å². The van der Waals surface area contributed by atoms with E-state index in [4.69, 9.17) is 16.3 Å². The fraction of sp³-hybridized carbons (Fsp3) is 0.643. The van der Waals surface area contributed by atoms with Gasteiger partial charge in [0.05, 0.1) is 17.8 Å². The molecule has 0 bridgehead atoms. The number of ether oxygens (including phenoxy) is 1. The highest BCUT2D eigenvalue weighted by atomic mass is 35.5. The summed E-state index contributed by atoms with van der Waals surface area (Å²) >= 11 is 6.37. The molecular formula is C14H21ClN6O. The molecule has 1 aliphatic rings. The smallest absolute Gasteiger partial charge is 0.167 e. The molecule has 3 heterocycles. The maximum Gasteiger partial charge on any atom is 0.167 e. The van der Waals surface area contributed by atoms with Crippen molar-refractivity contribution in [2.24, 2.45) is 7.05 Å². The minimum atomic E-state index is 0.130. The fourth-order valence-electron chi connectivity index (χ4n) is 3.04. The van der Waals surface area contributed by atoms with Crippen LogP contribution in [0, 0.1) is 13.8 Å². The van der Waals surface area contributed by atoms with Crippen LogP contribution < -0.4 is 0 Å². The van der Waals surface area contributed by atoms with E-state index < -0.39 is 0 Å². The van der Waals surface area contributed by atoms with E-state index in [0.717, 1.165) is 42.4 Å². The highest BCUT2D eigenvalue weighted by Gasteiger charge is 2.36. The standard InChI is InChI=1S/C14H21ClN6O/c1-8-11(13(15)20(3)19-8)7-21-6-10(22-4)5-12(21)14-16-9(2)17-18-14/h10,12H,5-7H2,1-4H3,(H,16,17,18)/t10-,12+/m1/s1. The van der Waals surface area contributed by atoms with Gasteiger partial charge in [-0.2, -0.15) is 10.2 Å². The van der Waals surface area contributed by atoms with Crippen molar-refractivity contribution in [1.29, 1.82) is 0 Å². The van der Waals surface area contributed by atoms with Gasteiger partial charge >= 0.3 is 0 Å². The molecule has 0 saturated carbocycles. The Bertz CT molecular complexity index is 666. The lowest BCUT2D eigenvalue weighted by molar-refractivity contribution is 0.107. The summed E-state index contributed by atoms with van der Waals surface area (Å²) in [6, 6.07) is 0.130. The van der Waals surface area contributed by atoms with Gasteiger partial charge in [-0.05, 0) is 20.3 Å². The van der Waals surface area contributed by atoms with E-state index in [9.17, 15) is 0 Å². The van der Waals surface area contributed by atoms with Gasteiger partial charge in [-0.1, -0.05) is 11.6 Å². The van der Waals surface area contributed by atoms with E-state index in [1.807, 2.05) is 20.9 Å². The molecule has 120 valence electrons. The topological polar surface area (TPSA) is 71.9 Å². The summed E-state index contributed by atoms with van der Waals surface area (Å²) < 4.78 is 7.25. The second-order valence-corrected chi connectivity index (χ2v) is 6.15. The van der Waals surface area contributed by atoms with Gasteiger partial charge in [0.1, 0.15) is 11.0 Å². The third kappa shape index (κ3) is 2.76. The number of H-pyrrole nitrogens is 1. The Hall–Kier alpha value is -1.44. The fourth-order valence-corrected chi connectivity index (χ4v) is 3.28. The summed E-state index contributed by atoms with van der Waals surface area (Å²) in [5, 5.41) is 12.3. The zero-order valence-electron chi connectivity index (χ0n) is 13.3. The number of hydrogen-bond acceptors (Lipinski definition) is 5. The Morgan fingerprint density at radius 1 is 1.41 bits per heavy atom. The SMILES string of the molecule is CO[C@@H]1C[C@@H](c2n[nH]c(C)n2)N(Cc2c(C)nn(C)c2Cl)C1. The maximum absolute atomic E-state index is 6.37. The average Bonchev–Trinajstić information content (AvgIpc) is 3.14. The monoisotopic (exact) mass is 324 g/mol. The van der Waals surface area contributed by atoms with Crippen LogP contribution in [0.2, 0.25) is 5.15 Å². The predicted octanol–water partition coefficient (Wildman–Crippen LogP) is 1.77. The van der Waals surface area contributed by atoms with Crippen LogP contribution in [-0.2, 0) is 18.3 Å². The molecule has 2 atom stereocenters. The van der Waals surface area contributed by atoms with E-state index >= 15 is 0 Å². The van der Waals surface area contributed by atoms with Crippen LogP contribution in [0.5, 0.6) is 0 Å². The number of nitrogens with one attached hydrogen (secondary N) is 1. The quantitative estimate of drug-likeness (QED) is 0.928. The Morgan fingerprint density at radius 2 is 2.18 bits per heavy atom. The second-order valence-electron chi connectivity index (χ2n) is 5.80. The first-order valence-corrected chi connectivity index (χ1v) is 7.71. The highest BCUT2D eigenvalue weighted by molar-refractivity contribution is 6.30. The van der Waals surface area contributed by atoms with Crippen molar-refractivity contribution >= 4 is 11.6 Å². The molecule has 0 unspecified atom stereocenters. The van der Waals surface area contributed by atoms with Crippen molar-refractivity contribution in [2.45, 2.75) is 39.0 Å². The van der Waals surface area contributed by atoms with Crippen LogP contribution in [-0.4, -0.2) is 49.6 Å². The molecule has 1 fully saturated rings. The number of aromatic nitrogens is 5. The van der Waals surface area contributed by atoms with Crippen molar-refractivity contribution in [1.82, 2.24) is 29.9 Å². The number of methoxy groups -OCH3 is 1. The molecule has 1 aliphatic heterocycles. The summed E-state index contributed by atoms with van der Waals surface area (Å²) in [7, 11) is 3.60. The van der Waals surface area contributed by atoms with E-state index in [2.05, 4.69) is 25.2 Å². The van der Waals surface area contributed by atoms with Gasteiger partial charge in [-0.3, -0.25) is 14.7 Å². The van der Waals surface area contributed by atoms with E-state index in [0.29, 0.717) is 5.15 Å². The van der Waals surface area contributed by atoms with Crippen molar-refractivity contribution in [2.75, 3.05) is 13.7 Å². The second kappa shape index (κ2) is 5.98. The highest BCUT2D eigenvalue weighted by Crippen LogP contribution is 2.34. The number of likely N-dealkylation sites (tertiary alicyclic amines) is 1. The summed E-state index contributed by atoms with van der Waals surface area (Å²) in [6.45, 7) is 5.44. The molecular weight excluding hydrogens is 304 g/mol. The van der Waals surface area contributed by atoms with Crippen molar-refractivity contribution in [3.05, 3.63) is 28.1 Å². The molecule has 0 aliphatic carbocycles. The summed E-state index contributed by atoms with van der Waals surface area (Å²) in [4.78, 5) is 6.80. The van der Waals surface area contributed by atoms with Crippen LogP contribution >= 0.6 is 11.6 Å². The van der Waals surface area contributed by atoms with Crippen LogP contribution in [0.3, 0.4) is 0 Å². The van der Waals surface area contributed by atoms with Crippen LogP contribution in [0.1, 0.15) is 35.4 Å². The van der Waals surface area contributed by atoms with Gasteiger partial charge in [-0.15, -0.1) is 0 Å². The summed E-state index contributed by atoms with van der Waals surface area (Å²) in [5.41, 5.74) is 2.01. The lowest BCUT2D eigenvalue weighted by atomic mass is 10.1. The molecule has 2 aromatic rings. The Balaban J connectivity index is 1.86. The number of hydrogen-bond donors (Lipinski definition) is 1. The molecule has 7 nitrogen and oxygen atoms in total. The maximum atomic E-state index is 6.37. The Kier molecular flexibility index (Phi) is 4.20. The lowest BCUT2D eigenvalue weighted by Gasteiger charge is -2.21. The normalized spacial score (nSPS) is 22.6. The number of aromatic amines is 1. The Labute approximate surface area is 134 Å². The van der Waals surface area contributed by atoms with Crippen molar-refractivity contribution in [3.63, 3.8) is 0 Å². The molecule has 0 amide bonds. The minimum Gasteiger partial charge on any atom is -0.380 e. The van der Waals surface area contributed by atoms with Crippen molar-refractivity contribution in [3.8, 4) is 0 Å². The molecule has 3 rings (SSSR count). The van der Waals surface area contributed by atoms with Crippen molar-refractivity contribution < 1.29 is 4.74 Å². The van der Waals surface area contributed by atoms with Gasteiger partial charge in [0.2, 0.25) is 0 Å². The summed E-state index contributed by atoms with van der Waals surface area (Å²) in [6.07, 6.45) is 1.06. The molecule has 8 heteroatoms. The first-order chi connectivity index (χ1) is 10.5. The van der Waals surface area contributed by atoms with Gasteiger partial charge in [0.25, 0.3) is 0 Å². The Morgan fingerprint density at radius 3 is 2.73 bits per heavy atom. The predicted molar refractivity (Wildman–Crippen MR) is 82.6 cm³/mol. The van der Waals surface area contributed by atoms with Gasteiger partial charge in [-0.25, -0.2) is 4.98 Å². The zero-order valence-corrected chi connectivity index (χ0v) is 14.1. The number of aryl methyl sites for hydroxylation is 3. The molecule has 1 saturated heterocycles. The number of nitrogens with zero attached hydrogens (tertiary/aromatic N) is 5. The largest absolute Gasteiger partial charge is 0.380 e. The third-order valence-electron chi connectivity index (χ3n) is 4.24. The first-order valence-electron chi connectivity index (χ1n) is 7.33. The van der Waals surface area contributed by atoms with Crippen LogP contribution in [0.15, 0.2) is 0 Å². The molecule has 0 radical (unpaired) electrons. The van der Waals surface area contributed by atoms with Crippen LogP contribution in [0.25, 0.3) is 0 Å². The number of halogens is 1. The zero-order chi connectivity index (χ0) is 15.9. The number of rotatable bonds is 4. The minimum absolute atomic E-state index is 0.130. The lowest BCUT2D eigenvalue weighted by Crippen LogP contribution is -2.25. The molecule has 22 heavy (non-hydrogen) atoms. The van der Waals surface area contributed by atoms with Crippen LogP contribution in [0.4, 0.5) is 0 Å².